The van der Waals surface area contributed by atoms with Crippen molar-refractivity contribution in [2.45, 2.75) is 6.82 Å². The van der Waals surface area contributed by atoms with Gasteiger partial charge in [-0.15, -0.1) is 0 Å². The molecule has 0 unspecified atom stereocenters. The Morgan fingerprint density at radius 3 is 1.48 bits per heavy atom. The summed E-state index contributed by atoms with van der Waals surface area (Å²) in [6.07, 6.45) is 4.89. The third kappa shape index (κ3) is 9.27. The number of fused-ring (bicyclic) bond motifs is 4. The molecule has 0 aliphatic heterocycles. The molecule has 0 fully saturated rings. The molecular weight excluding hydrogens is 819 g/mol. The van der Waals surface area contributed by atoms with Crippen LogP contribution in [-0.2, 0) is 0 Å². The van der Waals surface area contributed by atoms with Gasteiger partial charge in [0.05, 0.1) is 29.0 Å². The van der Waals surface area contributed by atoms with Crippen LogP contribution >= 0.6 is 0 Å². The highest BCUT2D eigenvalue weighted by Crippen LogP contribution is 2.37. The fraction of sp³-hybridized carbons (Fsp3) is 0.0185. The molecular formula is C54H42B3N3O6. The van der Waals surface area contributed by atoms with Gasteiger partial charge < -0.3 is 29.5 Å². The summed E-state index contributed by atoms with van der Waals surface area (Å²) in [5.74, 6) is 0. The molecule has 0 radical (unpaired) electrons. The maximum atomic E-state index is 10.1. The Labute approximate surface area is 382 Å². The molecule has 11 aromatic rings. The number of benzene rings is 7. The third-order valence-electron chi connectivity index (χ3n) is 11.5. The van der Waals surface area contributed by atoms with Crippen molar-refractivity contribution < 1.29 is 29.5 Å². The van der Waals surface area contributed by atoms with E-state index in [1.165, 1.54) is 17.0 Å². The molecule has 0 amide bonds. The van der Waals surface area contributed by atoms with Gasteiger partial charge >= 0.3 is 21.2 Å². The summed E-state index contributed by atoms with van der Waals surface area (Å²) in [5.41, 5.74) is 10.1. The molecule has 9 nitrogen and oxygen atoms in total. The van der Waals surface area contributed by atoms with Gasteiger partial charge in [0.15, 0.2) is 0 Å². The van der Waals surface area contributed by atoms with Crippen LogP contribution in [0.15, 0.2) is 211 Å². The Morgan fingerprint density at radius 2 is 0.939 bits per heavy atom. The highest BCUT2D eigenvalue weighted by atomic mass is 16.4. The molecule has 318 valence electrons. The highest BCUT2D eigenvalue weighted by molar-refractivity contribution is 6.66. The smallest absolute Gasteiger partial charge is 0.465 e. The lowest BCUT2D eigenvalue weighted by Crippen LogP contribution is -2.31. The fourth-order valence-electron chi connectivity index (χ4n) is 8.24. The summed E-state index contributed by atoms with van der Waals surface area (Å²) in [6, 6.07) is 61.5. The minimum absolute atomic E-state index is 0.408. The van der Waals surface area contributed by atoms with E-state index in [4.69, 9.17) is 19.4 Å². The number of hydrogen-bond acceptors (Lipinski definition) is 9. The molecule has 4 heterocycles. The van der Waals surface area contributed by atoms with Gasteiger partial charge in [0.25, 0.3) is 0 Å². The number of hydrogen-bond donors (Lipinski definition) is 5. The summed E-state index contributed by atoms with van der Waals surface area (Å²) in [6.45, 7) is 1.28. The van der Waals surface area contributed by atoms with Crippen LogP contribution in [0.5, 0.6) is 0 Å². The largest absolute Gasteiger partial charge is 0.492 e. The van der Waals surface area contributed by atoms with Crippen LogP contribution < -0.4 is 16.4 Å². The maximum Gasteiger partial charge on any atom is 0.492 e. The number of nitrogens with zero attached hydrogens (tertiary/aromatic N) is 3. The predicted octanol–water partition coefficient (Wildman–Crippen LogP) is 8.30. The van der Waals surface area contributed by atoms with Crippen molar-refractivity contribution in [2.75, 3.05) is 0 Å². The van der Waals surface area contributed by atoms with E-state index in [2.05, 4.69) is 52.4 Å². The summed E-state index contributed by atoms with van der Waals surface area (Å²) in [5, 5.41) is 54.6. The molecule has 12 heteroatoms. The lowest BCUT2D eigenvalue weighted by atomic mass is 9.64. The lowest BCUT2D eigenvalue weighted by Gasteiger charge is -2.17. The second-order valence-corrected chi connectivity index (χ2v) is 15.7. The van der Waals surface area contributed by atoms with E-state index in [1.54, 1.807) is 31.3 Å². The Hall–Kier alpha value is -7.70. The zero-order chi connectivity index (χ0) is 45.6. The standard InChI is InChI=1S/C24H17BO2.C22H18BN3O.C8H7BO3/c26-25(27)24-21-11-5-3-9-19(21)23(20-10-4-6-12-22(20)24)18-14-13-16-7-1-2-8-17(16)15-18;1-23(27)18-10-8-16(9-11-18)17-14-21(19-6-2-4-12-24-19)26-22(15-17)20-7-3-5-13-25-20;10-9(11)7-5-12-8-4-2-1-3-6(7)8/h1-15,26-27H;2-15,27H,1H3;1-5,10-11H. The van der Waals surface area contributed by atoms with Crippen LogP contribution in [0.3, 0.4) is 0 Å². The fourth-order valence-corrected chi connectivity index (χ4v) is 8.24. The number of furan rings is 1. The minimum atomic E-state index is -1.52. The molecule has 0 bridgehead atoms. The zero-order valence-electron chi connectivity index (χ0n) is 35.8. The van der Waals surface area contributed by atoms with Gasteiger partial charge in [0, 0.05) is 23.2 Å². The summed E-state index contributed by atoms with van der Waals surface area (Å²) in [4.78, 5) is 13.7. The van der Waals surface area contributed by atoms with Gasteiger partial charge in [0.1, 0.15) is 5.58 Å². The number of rotatable bonds is 7. The number of aromatic nitrogens is 3. The Kier molecular flexibility index (Phi) is 12.9. The van der Waals surface area contributed by atoms with Gasteiger partial charge in [-0.05, 0) is 114 Å². The predicted molar refractivity (Wildman–Crippen MR) is 270 cm³/mol. The second-order valence-electron chi connectivity index (χ2n) is 15.7. The molecule has 0 spiro atoms. The Balaban J connectivity index is 0.000000134. The van der Waals surface area contributed by atoms with Crippen LogP contribution in [0.4, 0.5) is 0 Å². The van der Waals surface area contributed by atoms with Gasteiger partial charge in [-0.2, -0.15) is 0 Å². The number of para-hydroxylation sites is 1. The first-order valence-electron chi connectivity index (χ1n) is 21.5. The SMILES string of the molecule is CB(O)c1ccc(-c2cc(-c3ccccn3)nc(-c3ccccn3)c2)cc1.OB(O)c1c2ccccc2c(-c2ccc3ccccc3c2)c2ccccc12.OB(O)c1coc2ccccc12. The zero-order valence-corrected chi connectivity index (χ0v) is 35.8. The average molecular weight is 861 g/mol. The van der Waals surface area contributed by atoms with Gasteiger partial charge in [-0.25, -0.2) is 4.98 Å². The van der Waals surface area contributed by atoms with Gasteiger partial charge in [-0.1, -0.05) is 146 Å². The summed E-state index contributed by atoms with van der Waals surface area (Å²) in [7, 11) is -2.99. The second kappa shape index (κ2) is 19.6. The highest BCUT2D eigenvalue weighted by Gasteiger charge is 2.22. The molecule has 7 aromatic carbocycles. The van der Waals surface area contributed by atoms with Crippen LogP contribution in [0, 0.1) is 0 Å². The van der Waals surface area contributed by atoms with Crippen LogP contribution in [0.25, 0.3) is 88.3 Å². The van der Waals surface area contributed by atoms with Crippen molar-refractivity contribution in [1.29, 1.82) is 0 Å². The van der Waals surface area contributed by atoms with Gasteiger partial charge in [-0.3, -0.25) is 9.97 Å². The molecule has 0 aliphatic rings. The minimum Gasteiger partial charge on any atom is -0.465 e. The van der Waals surface area contributed by atoms with Crippen LogP contribution in [0.1, 0.15) is 0 Å². The van der Waals surface area contributed by atoms with Crippen LogP contribution in [-0.4, -0.2) is 61.2 Å². The van der Waals surface area contributed by atoms with Crippen molar-refractivity contribution in [1.82, 2.24) is 15.0 Å². The van der Waals surface area contributed by atoms with E-state index in [0.29, 0.717) is 16.5 Å². The summed E-state index contributed by atoms with van der Waals surface area (Å²) >= 11 is 0. The monoisotopic (exact) mass is 861 g/mol. The van der Waals surface area contributed by atoms with Gasteiger partial charge in [0.2, 0.25) is 0 Å². The first-order valence-corrected chi connectivity index (χ1v) is 21.5. The molecule has 5 N–H and O–H groups in total. The number of pyridine rings is 3. The quantitative estimate of drug-likeness (QED) is 0.0787. The van der Waals surface area contributed by atoms with Crippen LogP contribution in [0.2, 0.25) is 6.82 Å². The Morgan fingerprint density at radius 1 is 0.424 bits per heavy atom. The summed E-state index contributed by atoms with van der Waals surface area (Å²) < 4.78 is 5.09. The van der Waals surface area contributed by atoms with E-state index in [-0.39, 0.29) is 0 Å². The van der Waals surface area contributed by atoms with E-state index in [1.807, 2.05) is 133 Å². The molecule has 0 atom stereocenters. The van der Waals surface area contributed by atoms with E-state index >= 15 is 0 Å². The lowest BCUT2D eigenvalue weighted by molar-refractivity contribution is 0.424. The van der Waals surface area contributed by atoms with Crippen molar-refractivity contribution in [3.8, 4) is 45.0 Å². The third-order valence-corrected chi connectivity index (χ3v) is 11.5. The normalized spacial score (nSPS) is 10.9. The van der Waals surface area contributed by atoms with E-state index < -0.39 is 21.2 Å². The van der Waals surface area contributed by atoms with E-state index in [9.17, 15) is 15.1 Å². The first kappa shape index (κ1) is 43.6. The molecule has 11 rings (SSSR count). The average Bonchev–Trinajstić information content (AvgIpc) is 3.81. The molecule has 0 saturated carbocycles. The molecule has 4 aromatic heterocycles. The van der Waals surface area contributed by atoms with Crippen molar-refractivity contribution in [3.63, 3.8) is 0 Å². The maximum absolute atomic E-state index is 10.1. The molecule has 0 aliphatic carbocycles. The topological polar surface area (TPSA) is 153 Å². The van der Waals surface area contributed by atoms with E-state index in [0.717, 1.165) is 77.4 Å². The molecule has 66 heavy (non-hydrogen) atoms. The van der Waals surface area contributed by atoms with Crippen molar-refractivity contribution >= 4 is 80.8 Å². The van der Waals surface area contributed by atoms with Crippen molar-refractivity contribution in [3.05, 3.63) is 207 Å². The first-order chi connectivity index (χ1) is 32.2. The van der Waals surface area contributed by atoms with Crippen molar-refractivity contribution in [2.24, 2.45) is 0 Å². The Bertz CT molecular complexity index is 3310. The molecule has 0 saturated heterocycles.